The summed E-state index contributed by atoms with van der Waals surface area (Å²) in [5, 5.41) is 10.8. The largest absolute Gasteiger partial charge is 0.489 e. The second-order valence-electron chi connectivity index (χ2n) is 6.17. The maximum Gasteiger partial charge on any atom is 0.216 e. The number of nitrogens with zero attached hydrogens (tertiary/aromatic N) is 1. The van der Waals surface area contributed by atoms with Crippen molar-refractivity contribution in [2.75, 3.05) is 0 Å². The van der Waals surface area contributed by atoms with Crippen LogP contribution in [0.2, 0.25) is 15.1 Å². The molecule has 0 saturated heterocycles. The van der Waals surface area contributed by atoms with Crippen molar-refractivity contribution in [2.45, 2.75) is 11.5 Å². The van der Waals surface area contributed by atoms with E-state index in [4.69, 9.17) is 39.5 Å². The minimum Gasteiger partial charge on any atom is -0.489 e. The van der Waals surface area contributed by atoms with Crippen LogP contribution in [0.25, 0.3) is 6.08 Å². The van der Waals surface area contributed by atoms with Gasteiger partial charge in [0.1, 0.15) is 23.3 Å². The summed E-state index contributed by atoms with van der Waals surface area (Å²) in [7, 11) is -3.95. The van der Waals surface area contributed by atoms with E-state index in [1.807, 2.05) is 0 Å². The molecular weight excluding hydrogens is 465 g/mol. The van der Waals surface area contributed by atoms with Crippen LogP contribution < -0.4 is 4.74 Å². The smallest absolute Gasteiger partial charge is 0.216 e. The van der Waals surface area contributed by atoms with E-state index >= 15 is 0 Å². The predicted molar refractivity (Wildman–Crippen MR) is 119 cm³/mol. The Bertz CT molecular complexity index is 1230. The van der Waals surface area contributed by atoms with Crippen molar-refractivity contribution in [1.82, 2.24) is 0 Å². The van der Waals surface area contributed by atoms with Crippen LogP contribution in [0.4, 0.5) is 0 Å². The van der Waals surface area contributed by atoms with Gasteiger partial charge in [-0.1, -0.05) is 53.0 Å². The quantitative estimate of drug-likeness (QED) is 0.376. The maximum absolute atomic E-state index is 12.7. The van der Waals surface area contributed by atoms with Crippen molar-refractivity contribution in [3.8, 4) is 11.8 Å². The number of rotatable bonds is 6. The van der Waals surface area contributed by atoms with Gasteiger partial charge in [0.2, 0.25) is 9.84 Å². The maximum atomic E-state index is 12.7. The summed E-state index contributed by atoms with van der Waals surface area (Å²) in [5.41, 5.74) is 1.33. The summed E-state index contributed by atoms with van der Waals surface area (Å²) in [4.78, 5) is -0.370. The molecule has 0 radical (unpaired) electrons. The molecule has 3 aromatic carbocycles. The standard InChI is InChI=1S/C22H14Cl3NO3S/c23-17-5-9-20(10-6-17)30(27,28)21(13-26)11-15-1-7-19(8-2-15)29-14-16-3-4-18(24)12-22(16)25/h1-12H,14H2. The van der Waals surface area contributed by atoms with Crippen LogP contribution in [-0.4, -0.2) is 8.42 Å². The molecule has 0 aromatic heterocycles. The van der Waals surface area contributed by atoms with Crippen molar-refractivity contribution in [3.63, 3.8) is 0 Å². The number of hydrogen-bond donors (Lipinski definition) is 0. The van der Waals surface area contributed by atoms with Gasteiger partial charge < -0.3 is 4.74 Å². The van der Waals surface area contributed by atoms with Gasteiger partial charge in [0.15, 0.2) is 0 Å². The Balaban J connectivity index is 1.76. The zero-order valence-corrected chi connectivity index (χ0v) is 18.4. The van der Waals surface area contributed by atoms with Gasteiger partial charge in [-0.25, -0.2) is 8.42 Å². The topological polar surface area (TPSA) is 67.2 Å². The van der Waals surface area contributed by atoms with E-state index in [0.717, 1.165) is 5.56 Å². The molecule has 0 amide bonds. The summed E-state index contributed by atoms with van der Waals surface area (Å²) in [6, 6.07) is 19.2. The highest BCUT2D eigenvalue weighted by atomic mass is 35.5. The van der Waals surface area contributed by atoms with E-state index in [9.17, 15) is 13.7 Å². The Morgan fingerprint density at radius 3 is 2.17 bits per heavy atom. The van der Waals surface area contributed by atoms with Gasteiger partial charge in [0.05, 0.1) is 4.90 Å². The van der Waals surface area contributed by atoms with Crippen molar-refractivity contribution in [1.29, 1.82) is 5.26 Å². The fourth-order valence-electron chi connectivity index (χ4n) is 2.52. The number of allylic oxidation sites excluding steroid dienone is 1. The van der Waals surface area contributed by atoms with Crippen LogP contribution in [0.1, 0.15) is 11.1 Å². The molecule has 0 atom stereocenters. The highest BCUT2D eigenvalue weighted by Gasteiger charge is 2.20. The van der Waals surface area contributed by atoms with Crippen molar-refractivity contribution < 1.29 is 13.2 Å². The number of nitriles is 1. The molecule has 0 bridgehead atoms. The van der Waals surface area contributed by atoms with Gasteiger partial charge in [0.25, 0.3) is 0 Å². The van der Waals surface area contributed by atoms with Gasteiger partial charge >= 0.3 is 0 Å². The molecule has 0 saturated carbocycles. The fourth-order valence-corrected chi connectivity index (χ4v) is 4.27. The van der Waals surface area contributed by atoms with Crippen LogP contribution >= 0.6 is 34.8 Å². The first-order valence-electron chi connectivity index (χ1n) is 8.59. The molecule has 0 aliphatic carbocycles. The first-order chi connectivity index (χ1) is 14.3. The van der Waals surface area contributed by atoms with Crippen LogP contribution in [0.15, 0.2) is 76.5 Å². The molecule has 8 heteroatoms. The van der Waals surface area contributed by atoms with Crippen LogP contribution in [0.3, 0.4) is 0 Å². The molecule has 0 N–H and O–H groups in total. The van der Waals surface area contributed by atoms with Gasteiger partial charge in [-0.15, -0.1) is 0 Å². The van der Waals surface area contributed by atoms with E-state index in [1.165, 1.54) is 30.3 Å². The lowest BCUT2D eigenvalue weighted by molar-refractivity contribution is 0.306. The molecule has 3 rings (SSSR count). The second-order valence-corrected chi connectivity index (χ2v) is 9.37. The van der Waals surface area contributed by atoms with Gasteiger partial charge in [-0.3, -0.25) is 0 Å². The first kappa shape index (κ1) is 22.2. The predicted octanol–water partition coefficient (Wildman–Crippen LogP) is 6.56. The summed E-state index contributed by atoms with van der Waals surface area (Å²) >= 11 is 17.8. The van der Waals surface area contributed by atoms with E-state index in [-0.39, 0.29) is 16.4 Å². The Morgan fingerprint density at radius 1 is 0.933 bits per heavy atom. The molecule has 0 spiro atoms. The molecule has 0 heterocycles. The van der Waals surface area contributed by atoms with Crippen molar-refractivity contribution >= 4 is 50.7 Å². The molecule has 0 fully saturated rings. The number of sulfone groups is 1. The zero-order valence-electron chi connectivity index (χ0n) is 15.3. The van der Waals surface area contributed by atoms with E-state index < -0.39 is 9.84 Å². The monoisotopic (exact) mass is 477 g/mol. The average molecular weight is 479 g/mol. The third-order valence-electron chi connectivity index (χ3n) is 4.11. The molecule has 0 aliphatic heterocycles. The molecule has 4 nitrogen and oxygen atoms in total. The molecule has 0 unspecified atom stereocenters. The Hall–Kier alpha value is -2.49. The lowest BCUT2D eigenvalue weighted by Gasteiger charge is -2.08. The van der Waals surface area contributed by atoms with Crippen molar-refractivity contribution in [2.24, 2.45) is 0 Å². The molecular formula is C22H14Cl3NO3S. The number of hydrogen-bond acceptors (Lipinski definition) is 4. The van der Waals surface area contributed by atoms with E-state index in [0.29, 0.717) is 26.4 Å². The summed E-state index contributed by atoms with van der Waals surface area (Å²) in [6.07, 6.45) is 1.31. The number of halogens is 3. The van der Waals surface area contributed by atoms with Gasteiger partial charge in [-0.05, 0) is 60.2 Å². The molecule has 3 aromatic rings. The Labute approximate surface area is 189 Å². The van der Waals surface area contributed by atoms with Gasteiger partial charge in [-0.2, -0.15) is 5.26 Å². The highest BCUT2D eigenvalue weighted by molar-refractivity contribution is 7.95. The molecule has 0 aliphatic rings. The number of benzene rings is 3. The minimum absolute atomic E-state index is 0.000466. The average Bonchev–Trinajstić information content (AvgIpc) is 2.72. The summed E-state index contributed by atoms with van der Waals surface area (Å²) in [5.74, 6) is 0.567. The third-order valence-corrected chi connectivity index (χ3v) is 6.63. The fraction of sp³-hybridized carbons (Fsp3) is 0.0455. The molecule has 30 heavy (non-hydrogen) atoms. The van der Waals surface area contributed by atoms with Crippen LogP contribution in [0, 0.1) is 11.3 Å². The molecule has 152 valence electrons. The van der Waals surface area contributed by atoms with Crippen LogP contribution in [-0.2, 0) is 16.4 Å². The van der Waals surface area contributed by atoms with E-state index in [1.54, 1.807) is 48.5 Å². The lowest BCUT2D eigenvalue weighted by atomic mass is 10.2. The normalized spacial score (nSPS) is 11.7. The van der Waals surface area contributed by atoms with Crippen molar-refractivity contribution in [3.05, 3.63) is 97.8 Å². The highest BCUT2D eigenvalue weighted by Crippen LogP contribution is 2.25. The zero-order chi connectivity index (χ0) is 21.7. The Kier molecular flexibility index (Phi) is 7.06. The number of ether oxygens (including phenoxy) is 1. The second kappa shape index (κ2) is 9.55. The lowest BCUT2D eigenvalue weighted by Crippen LogP contribution is -2.03. The van der Waals surface area contributed by atoms with Crippen LogP contribution in [0.5, 0.6) is 5.75 Å². The van der Waals surface area contributed by atoms with E-state index in [2.05, 4.69) is 0 Å². The third kappa shape index (κ3) is 5.35. The Morgan fingerprint density at radius 2 is 1.57 bits per heavy atom. The first-order valence-corrected chi connectivity index (χ1v) is 11.2. The SMILES string of the molecule is N#CC(=Cc1ccc(OCc2ccc(Cl)cc2Cl)cc1)S(=O)(=O)c1ccc(Cl)cc1. The van der Waals surface area contributed by atoms with Gasteiger partial charge in [0, 0.05) is 20.6 Å². The summed E-state index contributed by atoms with van der Waals surface area (Å²) < 4.78 is 31.1. The summed E-state index contributed by atoms with van der Waals surface area (Å²) in [6.45, 7) is 0.250. The minimum atomic E-state index is -3.95.